The van der Waals surface area contributed by atoms with Gasteiger partial charge in [0.15, 0.2) is 0 Å². The maximum Gasteiger partial charge on any atom is 0.127 e. The summed E-state index contributed by atoms with van der Waals surface area (Å²) < 4.78 is 10.1. The van der Waals surface area contributed by atoms with Gasteiger partial charge in [-0.1, -0.05) is 0 Å². The zero-order valence-electron chi connectivity index (χ0n) is 8.59. The number of nitriles is 1. The highest BCUT2D eigenvalue weighted by atomic mass is 16.5. The van der Waals surface area contributed by atoms with Crippen LogP contribution in [0.5, 0.6) is 0 Å². The fraction of sp³-hybridized carbons (Fsp3) is 0.889. The van der Waals surface area contributed by atoms with Crippen molar-refractivity contribution in [3.05, 3.63) is 0 Å². The number of ether oxygens (including phenoxy) is 2. The molecule has 1 unspecified atom stereocenters. The Bertz CT molecular complexity index is 167. The molecule has 4 heteroatoms. The Morgan fingerprint density at radius 2 is 2.23 bits per heavy atom. The third kappa shape index (κ3) is 5.58. The van der Waals surface area contributed by atoms with E-state index in [0.29, 0.717) is 26.4 Å². The van der Waals surface area contributed by atoms with Crippen molar-refractivity contribution in [1.82, 2.24) is 5.32 Å². The molecule has 1 atom stereocenters. The van der Waals surface area contributed by atoms with Gasteiger partial charge in [0.05, 0.1) is 19.3 Å². The lowest BCUT2D eigenvalue weighted by molar-refractivity contribution is 0.100. The second-order valence-corrected chi connectivity index (χ2v) is 3.00. The summed E-state index contributed by atoms with van der Waals surface area (Å²) in [5.41, 5.74) is -0.603. The van der Waals surface area contributed by atoms with Crippen molar-refractivity contribution in [3.8, 4) is 6.07 Å². The van der Waals surface area contributed by atoms with Crippen LogP contribution < -0.4 is 5.32 Å². The van der Waals surface area contributed by atoms with Crippen LogP contribution in [0.25, 0.3) is 0 Å². The Hall–Kier alpha value is -0.630. The van der Waals surface area contributed by atoms with Crippen LogP contribution in [-0.2, 0) is 9.47 Å². The van der Waals surface area contributed by atoms with Crippen LogP contribution in [0.4, 0.5) is 0 Å². The molecule has 0 saturated carbocycles. The van der Waals surface area contributed by atoms with Gasteiger partial charge in [0.1, 0.15) is 5.54 Å². The fourth-order valence-corrected chi connectivity index (χ4v) is 0.858. The highest BCUT2D eigenvalue weighted by Gasteiger charge is 2.22. The molecule has 1 N–H and O–H groups in total. The molecule has 0 aliphatic heterocycles. The van der Waals surface area contributed by atoms with Gasteiger partial charge in [-0.05, 0) is 13.8 Å². The number of hydrogen-bond donors (Lipinski definition) is 1. The average molecular weight is 186 g/mol. The van der Waals surface area contributed by atoms with E-state index in [2.05, 4.69) is 11.4 Å². The Kier molecular flexibility index (Phi) is 6.51. The Morgan fingerprint density at radius 1 is 1.54 bits per heavy atom. The van der Waals surface area contributed by atoms with Gasteiger partial charge in [0, 0.05) is 20.3 Å². The first-order valence-electron chi connectivity index (χ1n) is 4.41. The van der Waals surface area contributed by atoms with Crippen molar-refractivity contribution in [2.45, 2.75) is 19.4 Å². The normalized spacial score (nSPS) is 14.9. The van der Waals surface area contributed by atoms with Gasteiger partial charge in [0.25, 0.3) is 0 Å². The molecule has 0 radical (unpaired) electrons. The summed E-state index contributed by atoms with van der Waals surface area (Å²) in [5.74, 6) is 0. The van der Waals surface area contributed by atoms with Gasteiger partial charge in [-0.3, -0.25) is 5.32 Å². The molecule has 0 spiro atoms. The maximum absolute atomic E-state index is 8.88. The van der Waals surface area contributed by atoms with Crippen molar-refractivity contribution < 1.29 is 9.47 Å². The smallest absolute Gasteiger partial charge is 0.127 e. The van der Waals surface area contributed by atoms with Gasteiger partial charge < -0.3 is 9.47 Å². The molecule has 0 saturated heterocycles. The predicted octanol–water partition coefficient (Wildman–Crippen LogP) is 0.541. The minimum atomic E-state index is -0.603. The number of nitrogens with zero attached hydrogens (tertiary/aromatic N) is 1. The van der Waals surface area contributed by atoms with E-state index < -0.39 is 5.54 Å². The highest BCUT2D eigenvalue weighted by Crippen LogP contribution is 2.01. The summed E-state index contributed by atoms with van der Waals surface area (Å²) >= 11 is 0. The first kappa shape index (κ1) is 12.4. The van der Waals surface area contributed by atoms with Gasteiger partial charge in [-0.2, -0.15) is 5.26 Å². The molecular weight excluding hydrogens is 168 g/mol. The second-order valence-electron chi connectivity index (χ2n) is 3.00. The first-order chi connectivity index (χ1) is 6.18. The Labute approximate surface area is 79.8 Å². The second kappa shape index (κ2) is 6.84. The van der Waals surface area contributed by atoms with E-state index in [1.807, 2.05) is 13.8 Å². The van der Waals surface area contributed by atoms with Gasteiger partial charge in [-0.15, -0.1) is 0 Å². The quantitative estimate of drug-likeness (QED) is 0.590. The molecule has 0 bridgehead atoms. The van der Waals surface area contributed by atoms with Crippen LogP contribution in [0.1, 0.15) is 13.8 Å². The molecule has 76 valence electrons. The summed E-state index contributed by atoms with van der Waals surface area (Å²) in [6.45, 7) is 6.02. The summed E-state index contributed by atoms with van der Waals surface area (Å²) in [6, 6.07) is 2.18. The van der Waals surface area contributed by atoms with Crippen LogP contribution in [0.2, 0.25) is 0 Å². The summed E-state index contributed by atoms with van der Waals surface area (Å²) in [4.78, 5) is 0. The van der Waals surface area contributed by atoms with E-state index in [1.54, 1.807) is 7.11 Å². The number of hydrogen-bond acceptors (Lipinski definition) is 4. The molecule has 0 amide bonds. The molecule has 0 fully saturated rings. The molecular formula is C9H18N2O2. The van der Waals surface area contributed by atoms with Crippen LogP contribution in [0.3, 0.4) is 0 Å². The van der Waals surface area contributed by atoms with Crippen molar-refractivity contribution in [3.63, 3.8) is 0 Å². The molecule has 0 aliphatic carbocycles. The third-order valence-electron chi connectivity index (χ3n) is 1.66. The maximum atomic E-state index is 8.88. The lowest BCUT2D eigenvalue weighted by Gasteiger charge is -2.22. The minimum Gasteiger partial charge on any atom is -0.383 e. The SMILES string of the molecule is CCOCC(C)(C#N)NCCOC. The van der Waals surface area contributed by atoms with E-state index in [0.717, 1.165) is 0 Å². The summed E-state index contributed by atoms with van der Waals surface area (Å²) in [5, 5.41) is 11.9. The number of methoxy groups -OCH3 is 1. The molecule has 0 heterocycles. The van der Waals surface area contributed by atoms with Gasteiger partial charge in [0.2, 0.25) is 0 Å². The topological polar surface area (TPSA) is 54.3 Å². The standard InChI is InChI=1S/C9H18N2O2/c1-4-13-8-9(2,7-10)11-5-6-12-3/h11H,4-6,8H2,1-3H3. The Balaban J connectivity index is 3.76. The van der Waals surface area contributed by atoms with E-state index in [9.17, 15) is 0 Å². The minimum absolute atomic E-state index is 0.406. The lowest BCUT2D eigenvalue weighted by atomic mass is 10.1. The van der Waals surface area contributed by atoms with Gasteiger partial charge in [-0.25, -0.2) is 0 Å². The zero-order chi connectivity index (χ0) is 10.2. The molecule has 0 aliphatic rings. The van der Waals surface area contributed by atoms with Gasteiger partial charge >= 0.3 is 0 Å². The molecule has 0 aromatic rings. The van der Waals surface area contributed by atoms with Crippen molar-refractivity contribution in [2.24, 2.45) is 0 Å². The molecule has 0 rings (SSSR count). The molecule has 4 nitrogen and oxygen atoms in total. The third-order valence-corrected chi connectivity index (χ3v) is 1.66. The summed E-state index contributed by atoms with van der Waals surface area (Å²) in [7, 11) is 1.63. The average Bonchev–Trinajstić information content (AvgIpc) is 2.15. The largest absolute Gasteiger partial charge is 0.383 e. The van der Waals surface area contributed by atoms with Crippen molar-refractivity contribution >= 4 is 0 Å². The summed E-state index contributed by atoms with van der Waals surface area (Å²) in [6.07, 6.45) is 0. The number of rotatable bonds is 7. The zero-order valence-corrected chi connectivity index (χ0v) is 8.59. The monoisotopic (exact) mass is 186 g/mol. The van der Waals surface area contributed by atoms with E-state index in [4.69, 9.17) is 14.7 Å². The van der Waals surface area contributed by atoms with Crippen LogP contribution in [-0.4, -0.2) is 39.0 Å². The van der Waals surface area contributed by atoms with E-state index in [1.165, 1.54) is 0 Å². The Morgan fingerprint density at radius 3 is 2.69 bits per heavy atom. The van der Waals surface area contributed by atoms with Crippen LogP contribution in [0.15, 0.2) is 0 Å². The molecule has 0 aromatic heterocycles. The lowest BCUT2D eigenvalue weighted by Crippen LogP contribution is -2.46. The van der Waals surface area contributed by atoms with Crippen LogP contribution >= 0.6 is 0 Å². The number of nitrogens with one attached hydrogen (secondary N) is 1. The first-order valence-corrected chi connectivity index (χ1v) is 4.41. The fourth-order valence-electron chi connectivity index (χ4n) is 0.858. The predicted molar refractivity (Wildman–Crippen MR) is 50.4 cm³/mol. The molecule has 13 heavy (non-hydrogen) atoms. The molecule has 0 aromatic carbocycles. The highest BCUT2D eigenvalue weighted by molar-refractivity contribution is 5.03. The van der Waals surface area contributed by atoms with E-state index >= 15 is 0 Å². The van der Waals surface area contributed by atoms with E-state index in [-0.39, 0.29) is 0 Å². The van der Waals surface area contributed by atoms with Crippen molar-refractivity contribution in [1.29, 1.82) is 5.26 Å². The van der Waals surface area contributed by atoms with Crippen molar-refractivity contribution in [2.75, 3.05) is 33.5 Å². The van der Waals surface area contributed by atoms with Crippen LogP contribution in [0, 0.1) is 11.3 Å².